The molecule has 0 fully saturated rings. The molecule has 0 aliphatic rings. The van der Waals surface area contributed by atoms with E-state index in [4.69, 9.17) is 0 Å². The Balaban J connectivity index is 2.19. The minimum atomic E-state index is 0.108. The number of amides is 1. The zero-order chi connectivity index (χ0) is 15.1. The summed E-state index contributed by atoms with van der Waals surface area (Å²) in [7, 11) is 0. The van der Waals surface area contributed by atoms with Crippen LogP contribution in [-0.4, -0.2) is 11.9 Å². The number of carbonyl (C=O) groups excluding carboxylic acids is 1. The van der Waals surface area contributed by atoms with Crippen LogP contribution in [0, 0.1) is 0 Å². The minimum Gasteiger partial charge on any atom is -0.354 e. The topological polar surface area (TPSA) is 29.1 Å². The fourth-order valence-corrected chi connectivity index (χ4v) is 2.42. The Hall–Kier alpha value is -2.09. The van der Waals surface area contributed by atoms with Crippen LogP contribution in [0.5, 0.6) is 0 Å². The standard InChI is InChI=1S/C19H23NO/c1-3-15(2)20-19(21)14-18(16-10-6-4-7-11-16)17-12-8-5-9-13-17/h4-13,15,18H,3,14H2,1-2H3,(H,20,21)/t15-/m1/s1. The molecule has 2 nitrogen and oxygen atoms in total. The molecule has 1 N–H and O–H groups in total. The highest BCUT2D eigenvalue weighted by molar-refractivity contribution is 5.77. The van der Waals surface area contributed by atoms with Crippen molar-refractivity contribution >= 4 is 5.91 Å². The van der Waals surface area contributed by atoms with Crippen LogP contribution >= 0.6 is 0 Å². The molecule has 0 heterocycles. The molecular formula is C19H23NO. The molecule has 1 atom stereocenters. The van der Waals surface area contributed by atoms with E-state index in [1.165, 1.54) is 11.1 Å². The zero-order valence-corrected chi connectivity index (χ0v) is 12.8. The van der Waals surface area contributed by atoms with Crippen LogP contribution in [0.2, 0.25) is 0 Å². The van der Waals surface area contributed by atoms with E-state index in [9.17, 15) is 4.79 Å². The third kappa shape index (κ3) is 4.45. The molecule has 1 amide bonds. The molecular weight excluding hydrogens is 258 g/mol. The van der Waals surface area contributed by atoms with Crippen LogP contribution in [-0.2, 0) is 4.79 Å². The molecule has 2 aromatic rings. The Morgan fingerprint density at radius 2 is 1.43 bits per heavy atom. The summed E-state index contributed by atoms with van der Waals surface area (Å²) < 4.78 is 0. The van der Waals surface area contributed by atoms with E-state index < -0.39 is 0 Å². The fourth-order valence-electron chi connectivity index (χ4n) is 2.42. The molecule has 2 aromatic carbocycles. The number of hydrogen-bond acceptors (Lipinski definition) is 1. The van der Waals surface area contributed by atoms with Gasteiger partial charge in [-0.2, -0.15) is 0 Å². The molecule has 0 unspecified atom stereocenters. The minimum absolute atomic E-state index is 0.108. The summed E-state index contributed by atoms with van der Waals surface area (Å²) in [5, 5.41) is 3.06. The Bertz CT molecular complexity index is 511. The molecule has 0 spiro atoms. The maximum absolute atomic E-state index is 12.3. The summed E-state index contributed by atoms with van der Waals surface area (Å²) in [4.78, 5) is 12.3. The average molecular weight is 281 g/mol. The molecule has 0 radical (unpaired) electrons. The van der Waals surface area contributed by atoms with Gasteiger partial charge in [-0.1, -0.05) is 67.6 Å². The lowest BCUT2D eigenvalue weighted by atomic mass is 9.88. The number of rotatable bonds is 6. The van der Waals surface area contributed by atoms with Gasteiger partial charge in [-0.15, -0.1) is 0 Å². The number of carbonyl (C=O) groups is 1. The summed E-state index contributed by atoms with van der Waals surface area (Å²) in [6, 6.07) is 20.7. The highest BCUT2D eigenvalue weighted by atomic mass is 16.1. The van der Waals surface area contributed by atoms with Crippen LogP contribution in [0.15, 0.2) is 60.7 Å². The average Bonchev–Trinajstić information content (AvgIpc) is 2.54. The smallest absolute Gasteiger partial charge is 0.221 e. The van der Waals surface area contributed by atoms with Gasteiger partial charge in [0, 0.05) is 18.4 Å². The summed E-state index contributed by atoms with van der Waals surface area (Å²) >= 11 is 0. The van der Waals surface area contributed by atoms with Crippen molar-refractivity contribution in [2.75, 3.05) is 0 Å². The Morgan fingerprint density at radius 3 is 1.86 bits per heavy atom. The van der Waals surface area contributed by atoms with Crippen molar-refractivity contribution in [2.24, 2.45) is 0 Å². The van der Waals surface area contributed by atoms with Gasteiger partial charge in [0.2, 0.25) is 5.91 Å². The predicted molar refractivity (Wildman–Crippen MR) is 87.2 cm³/mol. The summed E-state index contributed by atoms with van der Waals surface area (Å²) in [6.07, 6.45) is 1.44. The highest BCUT2D eigenvalue weighted by Gasteiger charge is 2.18. The van der Waals surface area contributed by atoms with Crippen molar-refractivity contribution in [3.63, 3.8) is 0 Å². The first-order valence-electron chi connectivity index (χ1n) is 7.60. The van der Waals surface area contributed by atoms with E-state index >= 15 is 0 Å². The van der Waals surface area contributed by atoms with Crippen molar-refractivity contribution in [3.05, 3.63) is 71.8 Å². The maximum atomic E-state index is 12.3. The number of nitrogens with one attached hydrogen (secondary N) is 1. The van der Waals surface area contributed by atoms with Crippen LogP contribution in [0.25, 0.3) is 0 Å². The van der Waals surface area contributed by atoms with Crippen LogP contribution in [0.1, 0.15) is 43.7 Å². The van der Waals surface area contributed by atoms with E-state index in [-0.39, 0.29) is 17.9 Å². The SMILES string of the molecule is CC[C@@H](C)NC(=O)CC(c1ccccc1)c1ccccc1. The molecule has 0 saturated carbocycles. The number of benzene rings is 2. The predicted octanol–water partition coefficient (Wildman–Crippen LogP) is 4.12. The van der Waals surface area contributed by atoms with E-state index in [1.807, 2.05) is 43.3 Å². The van der Waals surface area contributed by atoms with Crippen molar-refractivity contribution in [1.29, 1.82) is 0 Å². The van der Waals surface area contributed by atoms with E-state index in [0.29, 0.717) is 6.42 Å². The second kappa shape index (κ2) is 7.63. The van der Waals surface area contributed by atoms with Crippen molar-refractivity contribution < 1.29 is 4.79 Å². The molecule has 21 heavy (non-hydrogen) atoms. The molecule has 0 saturated heterocycles. The van der Waals surface area contributed by atoms with Gasteiger partial charge >= 0.3 is 0 Å². The molecule has 110 valence electrons. The van der Waals surface area contributed by atoms with Crippen LogP contribution in [0.4, 0.5) is 0 Å². The highest BCUT2D eigenvalue weighted by Crippen LogP contribution is 2.27. The quantitative estimate of drug-likeness (QED) is 0.847. The molecule has 2 rings (SSSR count). The van der Waals surface area contributed by atoms with E-state index in [1.54, 1.807) is 0 Å². The largest absolute Gasteiger partial charge is 0.354 e. The van der Waals surface area contributed by atoms with Gasteiger partial charge in [0.1, 0.15) is 0 Å². The first-order valence-corrected chi connectivity index (χ1v) is 7.60. The van der Waals surface area contributed by atoms with Crippen LogP contribution in [0.3, 0.4) is 0 Å². The summed E-state index contributed by atoms with van der Waals surface area (Å²) in [5.74, 6) is 0.221. The van der Waals surface area contributed by atoms with Gasteiger partial charge < -0.3 is 5.32 Å². The Labute approximate surface area is 127 Å². The van der Waals surface area contributed by atoms with Gasteiger partial charge in [-0.25, -0.2) is 0 Å². The van der Waals surface area contributed by atoms with Crippen molar-refractivity contribution in [2.45, 2.75) is 38.6 Å². The van der Waals surface area contributed by atoms with Gasteiger partial charge in [-0.3, -0.25) is 4.79 Å². The third-order valence-electron chi connectivity index (χ3n) is 3.81. The van der Waals surface area contributed by atoms with E-state index in [2.05, 4.69) is 36.5 Å². The Morgan fingerprint density at radius 1 is 0.952 bits per heavy atom. The Kier molecular flexibility index (Phi) is 5.56. The number of hydrogen-bond donors (Lipinski definition) is 1. The molecule has 2 heteroatoms. The zero-order valence-electron chi connectivity index (χ0n) is 12.8. The lowest BCUT2D eigenvalue weighted by Crippen LogP contribution is -2.33. The van der Waals surface area contributed by atoms with Crippen LogP contribution < -0.4 is 5.32 Å². The molecule has 0 aliphatic carbocycles. The van der Waals surface area contributed by atoms with Gasteiger partial charge in [0.15, 0.2) is 0 Å². The van der Waals surface area contributed by atoms with Gasteiger partial charge in [0.25, 0.3) is 0 Å². The first kappa shape index (κ1) is 15.3. The summed E-state index contributed by atoms with van der Waals surface area (Å²) in [6.45, 7) is 4.12. The first-order chi connectivity index (χ1) is 10.2. The van der Waals surface area contributed by atoms with E-state index in [0.717, 1.165) is 6.42 Å². The summed E-state index contributed by atoms with van der Waals surface area (Å²) in [5.41, 5.74) is 2.37. The second-order valence-electron chi connectivity index (χ2n) is 5.45. The molecule has 0 bridgehead atoms. The fraction of sp³-hybridized carbons (Fsp3) is 0.316. The second-order valence-corrected chi connectivity index (χ2v) is 5.45. The third-order valence-corrected chi connectivity index (χ3v) is 3.81. The normalized spacial score (nSPS) is 12.1. The maximum Gasteiger partial charge on any atom is 0.221 e. The van der Waals surface area contributed by atoms with Crippen molar-refractivity contribution in [1.82, 2.24) is 5.32 Å². The lowest BCUT2D eigenvalue weighted by molar-refractivity contribution is -0.121. The van der Waals surface area contributed by atoms with Crippen molar-refractivity contribution in [3.8, 4) is 0 Å². The monoisotopic (exact) mass is 281 g/mol. The molecule has 0 aliphatic heterocycles. The molecule has 0 aromatic heterocycles. The van der Waals surface area contributed by atoms with Gasteiger partial charge in [0.05, 0.1) is 0 Å². The lowest BCUT2D eigenvalue weighted by Gasteiger charge is -2.19. The van der Waals surface area contributed by atoms with Gasteiger partial charge in [-0.05, 0) is 24.5 Å².